The molecule has 1 amide bonds. The van der Waals surface area contributed by atoms with E-state index in [1.165, 1.54) is 18.3 Å². The molecule has 6 nitrogen and oxygen atoms in total. The van der Waals surface area contributed by atoms with Crippen molar-refractivity contribution >= 4 is 17.8 Å². The second-order valence-corrected chi connectivity index (χ2v) is 6.95. The van der Waals surface area contributed by atoms with Gasteiger partial charge >= 0.3 is 0 Å². The third kappa shape index (κ3) is 6.23. The number of amides is 1. The lowest BCUT2D eigenvalue weighted by Crippen LogP contribution is -2.48. The van der Waals surface area contributed by atoms with Crippen LogP contribution in [0.2, 0.25) is 0 Å². The molecule has 2 rings (SSSR count). The van der Waals surface area contributed by atoms with E-state index in [1.807, 2.05) is 19.1 Å². The summed E-state index contributed by atoms with van der Waals surface area (Å²) >= 11 is 0. The average molecular weight is 418 g/mol. The average Bonchev–Trinajstić information content (AvgIpc) is 2.73. The smallest absolute Gasteiger partial charge is 0.286 e. The van der Waals surface area contributed by atoms with Gasteiger partial charge in [0.05, 0.1) is 23.3 Å². The summed E-state index contributed by atoms with van der Waals surface area (Å²) in [5.74, 6) is -3.05. The van der Waals surface area contributed by atoms with Crippen LogP contribution in [0.3, 0.4) is 0 Å². The lowest BCUT2D eigenvalue weighted by atomic mass is 10.1. The van der Waals surface area contributed by atoms with Crippen LogP contribution in [0.25, 0.3) is 0 Å². The molecule has 1 saturated heterocycles. The maximum atomic E-state index is 13.4. The summed E-state index contributed by atoms with van der Waals surface area (Å²) in [6.07, 6.45) is 9.15. The number of aromatic nitrogens is 1. The number of pyridine rings is 1. The molecule has 30 heavy (non-hydrogen) atoms. The minimum Gasteiger partial charge on any atom is -0.366 e. The van der Waals surface area contributed by atoms with Crippen molar-refractivity contribution in [2.24, 2.45) is 4.99 Å². The number of rotatable bonds is 8. The third-order valence-corrected chi connectivity index (χ3v) is 4.66. The summed E-state index contributed by atoms with van der Waals surface area (Å²) in [6.45, 7) is 8.89. The first-order chi connectivity index (χ1) is 14.3. The Morgan fingerprint density at radius 3 is 2.47 bits per heavy atom. The van der Waals surface area contributed by atoms with Crippen LogP contribution in [0, 0.1) is 0 Å². The van der Waals surface area contributed by atoms with E-state index in [1.54, 1.807) is 24.2 Å². The maximum absolute atomic E-state index is 13.4. The highest BCUT2D eigenvalue weighted by Gasteiger charge is 2.26. The van der Waals surface area contributed by atoms with Gasteiger partial charge in [0.25, 0.3) is 5.92 Å². The maximum Gasteiger partial charge on any atom is 0.286 e. The Balaban J connectivity index is 2.23. The standard InChI is InChI=1S/C22H29F2N5O/c1-5-7-18(27-17-8-9-20(26-16-17)22(3,23)24)19(10-11-25-4)28-12-14-29(15-13-28)21(30)6-2/h6-11,16,27H,2,5,12-15H2,1,3-4H3/b18-7-,19-10+,25-11?. The number of nitrogens with one attached hydrogen (secondary N) is 1. The Kier molecular flexibility index (Phi) is 8.26. The Labute approximate surface area is 176 Å². The Hall–Kier alpha value is -3.03. The Bertz CT molecular complexity index is 817. The minimum atomic E-state index is -2.98. The molecule has 1 aromatic heterocycles. The van der Waals surface area contributed by atoms with Crippen LogP contribution in [0.1, 0.15) is 26.0 Å². The van der Waals surface area contributed by atoms with Crippen LogP contribution < -0.4 is 5.32 Å². The van der Waals surface area contributed by atoms with Crippen molar-refractivity contribution in [1.82, 2.24) is 14.8 Å². The molecule has 1 aromatic rings. The monoisotopic (exact) mass is 417 g/mol. The number of allylic oxidation sites excluding steroid dienone is 2. The molecule has 0 atom stereocenters. The highest BCUT2D eigenvalue weighted by molar-refractivity contribution is 5.87. The molecule has 2 heterocycles. The number of carbonyl (C=O) groups is 1. The molecule has 1 aliphatic rings. The fraction of sp³-hybridized carbons (Fsp3) is 0.409. The van der Waals surface area contributed by atoms with Crippen molar-refractivity contribution in [3.8, 4) is 0 Å². The van der Waals surface area contributed by atoms with Gasteiger partial charge in [-0.1, -0.05) is 19.6 Å². The van der Waals surface area contributed by atoms with Crippen LogP contribution in [-0.4, -0.2) is 60.1 Å². The van der Waals surface area contributed by atoms with E-state index in [0.717, 1.165) is 24.7 Å². The highest BCUT2D eigenvalue weighted by Crippen LogP contribution is 2.26. The molecule has 0 aliphatic carbocycles. The molecule has 162 valence electrons. The quantitative estimate of drug-likeness (QED) is 0.397. The van der Waals surface area contributed by atoms with E-state index in [4.69, 9.17) is 0 Å². The van der Waals surface area contributed by atoms with Crippen LogP contribution in [0.15, 0.2) is 59.5 Å². The van der Waals surface area contributed by atoms with Crippen LogP contribution >= 0.6 is 0 Å². The highest BCUT2D eigenvalue weighted by atomic mass is 19.3. The van der Waals surface area contributed by atoms with Gasteiger partial charge in [0.2, 0.25) is 5.91 Å². The van der Waals surface area contributed by atoms with E-state index in [0.29, 0.717) is 31.9 Å². The summed E-state index contributed by atoms with van der Waals surface area (Å²) in [5.41, 5.74) is 2.09. The number of hydrogen-bond acceptors (Lipinski definition) is 5. The summed E-state index contributed by atoms with van der Waals surface area (Å²) in [6, 6.07) is 2.91. The number of anilines is 1. The van der Waals surface area contributed by atoms with Gasteiger partial charge in [-0.15, -0.1) is 0 Å². The number of carbonyl (C=O) groups excluding carboxylic acids is 1. The fourth-order valence-electron chi connectivity index (χ4n) is 3.11. The first-order valence-corrected chi connectivity index (χ1v) is 9.90. The Morgan fingerprint density at radius 1 is 1.30 bits per heavy atom. The van der Waals surface area contributed by atoms with E-state index >= 15 is 0 Å². The number of aliphatic imine (C=N–C) groups is 1. The molecule has 0 radical (unpaired) electrons. The van der Waals surface area contributed by atoms with Gasteiger partial charge in [0.15, 0.2) is 0 Å². The largest absolute Gasteiger partial charge is 0.366 e. The molecule has 1 fully saturated rings. The topological polar surface area (TPSA) is 60.8 Å². The van der Waals surface area contributed by atoms with Crippen LogP contribution in [0.4, 0.5) is 14.5 Å². The zero-order chi connectivity index (χ0) is 22.1. The number of piperazine rings is 1. The lowest BCUT2D eigenvalue weighted by Gasteiger charge is -2.37. The lowest BCUT2D eigenvalue weighted by molar-refractivity contribution is -0.127. The normalized spacial score (nSPS) is 16.2. The van der Waals surface area contributed by atoms with Crippen LogP contribution in [-0.2, 0) is 10.7 Å². The zero-order valence-electron chi connectivity index (χ0n) is 17.7. The first kappa shape index (κ1) is 23.3. The van der Waals surface area contributed by atoms with Gasteiger partial charge in [-0.2, -0.15) is 8.78 Å². The van der Waals surface area contributed by atoms with E-state index in [9.17, 15) is 13.6 Å². The number of alkyl halides is 2. The van der Waals surface area contributed by atoms with Gasteiger partial charge in [0, 0.05) is 46.4 Å². The molecule has 0 aromatic carbocycles. The third-order valence-electron chi connectivity index (χ3n) is 4.66. The predicted molar refractivity (Wildman–Crippen MR) is 117 cm³/mol. The van der Waals surface area contributed by atoms with Crippen molar-refractivity contribution in [3.05, 3.63) is 60.2 Å². The van der Waals surface area contributed by atoms with E-state index in [-0.39, 0.29) is 11.6 Å². The molecule has 0 saturated carbocycles. The molecular weight excluding hydrogens is 388 g/mol. The van der Waals surface area contributed by atoms with Crippen LogP contribution in [0.5, 0.6) is 0 Å². The number of halogens is 2. The minimum absolute atomic E-state index is 0.0726. The molecule has 1 N–H and O–H groups in total. The first-order valence-electron chi connectivity index (χ1n) is 9.90. The SMILES string of the molecule is C=CC(=O)N1CCN(C(=C/C=NC)/C(=C/CC)Nc2ccc(C(C)(F)F)nc2)CC1. The van der Waals surface area contributed by atoms with Gasteiger partial charge < -0.3 is 15.1 Å². The second-order valence-electron chi connectivity index (χ2n) is 6.95. The molecule has 8 heteroatoms. The summed E-state index contributed by atoms with van der Waals surface area (Å²) in [4.78, 5) is 23.7. The van der Waals surface area contributed by atoms with Gasteiger partial charge in [-0.3, -0.25) is 14.8 Å². The van der Waals surface area contributed by atoms with Crippen molar-refractivity contribution in [1.29, 1.82) is 0 Å². The molecule has 0 spiro atoms. The number of hydrogen-bond donors (Lipinski definition) is 1. The van der Waals surface area contributed by atoms with Crippen molar-refractivity contribution in [2.75, 3.05) is 38.5 Å². The zero-order valence-corrected chi connectivity index (χ0v) is 17.7. The summed E-state index contributed by atoms with van der Waals surface area (Å²) in [5, 5.41) is 3.30. The molecule has 1 aliphatic heterocycles. The number of nitrogens with zero attached hydrogens (tertiary/aromatic N) is 4. The summed E-state index contributed by atoms with van der Waals surface area (Å²) in [7, 11) is 1.69. The molecular formula is C22H29F2N5O. The summed E-state index contributed by atoms with van der Waals surface area (Å²) < 4.78 is 26.9. The fourth-order valence-corrected chi connectivity index (χ4v) is 3.11. The molecule has 0 bridgehead atoms. The van der Waals surface area contributed by atoms with E-state index in [2.05, 4.69) is 26.8 Å². The van der Waals surface area contributed by atoms with Crippen molar-refractivity contribution in [2.45, 2.75) is 26.2 Å². The van der Waals surface area contributed by atoms with Crippen molar-refractivity contribution < 1.29 is 13.6 Å². The van der Waals surface area contributed by atoms with Gasteiger partial charge in [0.1, 0.15) is 5.69 Å². The Morgan fingerprint density at radius 2 is 1.97 bits per heavy atom. The van der Waals surface area contributed by atoms with E-state index < -0.39 is 5.92 Å². The second kappa shape index (κ2) is 10.7. The van der Waals surface area contributed by atoms with Crippen molar-refractivity contribution in [3.63, 3.8) is 0 Å². The predicted octanol–water partition coefficient (Wildman–Crippen LogP) is 3.81. The van der Waals surface area contributed by atoms with Gasteiger partial charge in [-0.25, -0.2) is 0 Å². The molecule has 0 unspecified atom stereocenters. The van der Waals surface area contributed by atoms with Gasteiger partial charge in [-0.05, 0) is 30.7 Å².